The highest BCUT2D eigenvalue weighted by atomic mass is 16.5. The van der Waals surface area contributed by atoms with Crippen molar-refractivity contribution < 1.29 is 29.3 Å². The van der Waals surface area contributed by atoms with E-state index in [1.807, 2.05) is 6.07 Å². The molecule has 1 aromatic rings. The molecule has 6 rings (SSSR count). The molecule has 10 atom stereocenters. The highest BCUT2D eigenvalue weighted by Crippen LogP contribution is 2.72. The van der Waals surface area contributed by atoms with Crippen molar-refractivity contribution in [3.63, 3.8) is 0 Å². The molecule has 5 aliphatic carbocycles. The van der Waals surface area contributed by atoms with Crippen LogP contribution in [-0.4, -0.2) is 83.7 Å². The number of Topliss-reactive ketones (excluding diaryl/α,β-unsaturated/α-hetero) is 1. The Morgan fingerprint density at radius 3 is 2.24 bits per heavy atom. The zero-order valence-corrected chi connectivity index (χ0v) is 34.8. The molecule has 0 bridgehead atoms. The van der Waals surface area contributed by atoms with Gasteiger partial charge in [-0.05, 0) is 137 Å². The number of allylic oxidation sites excluding steroid dienone is 1. The number of rotatable bonds is 13. The van der Waals surface area contributed by atoms with Crippen molar-refractivity contribution in [3.8, 4) is 0 Å². The molecule has 0 aliphatic heterocycles. The predicted molar refractivity (Wildman–Crippen MR) is 212 cm³/mol. The fourth-order valence-electron chi connectivity index (χ4n) is 13.0. The van der Waals surface area contributed by atoms with Gasteiger partial charge >= 0.3 is 11.9 Å². The van der Waals surface area contributed by atoms with Crippen molar-refractivity contribution in [1.82, 2.24) is 9.80 Å². The lowest BCUT2D eigenvalue weighted by Gasteiger charge is -2.67. The first-order valence-electron chi connectivity index (χ1n) is 21.1. The maximum Gasteiger partial charge on any atom is 0.309 e. The summed E-state index contributed by atoms with van der Waals surface area (Å²) in [5.74, 6) is 0.990. The number of ether oxygens (including phenoxy) is 1. The first-order valence-corrected chi connectivity index (χ1v) is 21.1. The lowest BCUT2D eigenvalue weighted by molar-refractivity contribution is -0.193. The monoisotopic (exact) mass is 747 g/mol. The van der Waals surface area contributed by atoms with Crippen molar-refractivity contribution in [1.29, 1.82) is 0 Å². The summed E-state index contributed by atoms with van der Waals surface area (Å²) < 4.78 is 6.07. The van der Waals surface area contributed by atoms with Crippen molar-refractivity contribution in [3.05, 3.63) is 47.0 Å². The fourth-order valence-corrected chi connectivity index (χ4v) is 13.0. The molecule has 300 valence electrons. The maximum absolute atomic E-state index is 14.2. The molecule has 5 aliphatic rings. The third kappa shape index (κ3) is 7.38. The summed E-state index contributed by atoms with van der Waals surface area (Å²) in [6.07, 6.45) is 7.65. The molecule has 0 radical (unpaired) electrons. The molecule has 0 aromatic heterocycles. The number of carboxylic acids is 1. The van der Waals surface area contributed by atoms with E-state index >= 15 is 0 Å². The summed E-state index contributed by atoms with van der Waals surface area (Å²) in [4.78, 5) is 43.4. The minimum Gasteiger partial charge on any atom is -0.481 e. The predicted octanol–water partition coefficient (Wildman–Crippen LogP) is 8.02. The van der Waals surface area contributed by atoms with E-state index in [2.05, 4.69) is 82.8 Å². The lowest BCUT2D eigenvalue weighted by atomic mass is 9.38. The number of ketones is 1. The Bertz CT molecular complexity index is 1590. The highest BCUT2D eigenvalue weighted by Gasteiger charge is 2.66. The van der Waals surface area contributed by atoms with Crippen molar-refractivity contribution >= 4 is 17.7 Å². The molecular formula is C46H70N2O6. The van der Waals surface area contributed by atoms with Crippen LogP contribution < -0.4 is 0 Å². The van der Waals surface area contributed by atoms with Crippen LogP contribution in [0.5, 0.6) is 0 Å². The molecule has 1 aromatic carbocycles. The molecule has 54 heavy (non-hydrogen) atoms. The molecule has 10 unspecified atom stereocenters. The molecule has 0 amide bonds. The van der Waals surface area contributed by atoms with E-state index in [0.717, 1.165) is 76.6 Å². The van der Waals surface area contributed by atoms with E-state index in [9.17, 15) is 24.6 Å². The number of benzene rings is 1. The van der Waals surface area contributed by atoms with Crippen LogP contribution in [0.3, 0.4) is 0 Å². The topological polar surface area (TPSA) is 107 Å². The Morgan fingerprint density at radius 1 is 0.944 bits per heavy atom. The summed E-state index contributed by atoms with van der Waals surface area (Å²) in [5, 5.41) is 22.1. The average molecular weight is 747 g/mol. The quantitative estimate of drug-likeness (QED) is 0.196. The van der Waals surface area contributed by atoms with Gasteiger partial charge in [0.05, 0.1) is 17.9 Å². The smallest absolute Gasteiger partial charge is 0.309 e. The number of aliphatic carboxylic acids is 1. The first-order chi connectivity index (χ1) is 25.3. The van der Waals surface area contributed by atoms with E-state index in [4.69, 9.17) is 4.74 Å². The van der Waals surface area contributed by atoms with Crippen LogP contribution in [0.4, 0.5) is 0 Å². The Morgan fingerprint density at radius 2 is 1.59 bits per heavy atom. The number of carbonyl (C=O) groups is 3. The largest absolute Gasteiger partial charge is 0.481 e. The number of likely N-dealkylation sites (N-methyl/N-ethyl adjacent to an activating group) is 1. The van der Waals surface area contributed by atoms with Crippen molar-refractivity contribution in [2.24, 2.45) is 57.2 Å². The van der Waals surface area contributed by atoms with Gasteiger partial charge in [0.1, 0.15) is 6.10 Å². The molecule has 0 saturated heterocycles. The number of carbonyl (C=O) groups excluding carboxylic acids is 2. The summed E-state index contributed by atoms with van der Waals surface area (Å²) >= 11 is 0. The first kappa shape index (κ1) is 41.1. The van der Waals surface area contributed by atoms with Gasteiger partial charge in [0.2, 0.25) is 0 Å². The van der Waals surface area contributed by atoms with Gasteiger partial charge in [-0.1, -0.05) is 70.5 Å². The second kappa shape index (κ2) is 15.4. The molecule has 8 nitrogen and oxygen atoms in total. The van der Waals surface area contributed by atoms with Gasteiger partial charge in [-0.25, -0.2) is 0 Å². The van der Waals surface area contributed by atoms with Crippen molar-refractivity contribution in [2.75, 3.05) is 33.7 Å². The second-order valence-corrected chi connectivity index (χ2v) is 20.1. The summed E-state index contributed by atoms with van der Waals surface area (Å²) in [6.45, 7) is 18.0. The number of hydrogen-bond acceptors (Lipinski definition) is 7. The summed E-state index contributed by atoms with van der Waals surface area (Å²) in [6, 6.07) is 10.5. The standard InChI is InChI=1S/C46H70N2O6/c1-29(2)40-35(49)25-46(38(50)28-48(24-23-47(8)9)27-31-13-11-10-12-14-31)22-18-34-32(41(40)46)15-16-37-44(6)21-19-36(30(3)33(44)17-20-45(34,37)7)54-39(51)26-43(4,5)42(52)53/h10-14,29-30,32-34,36-38,50H,15-28H2,1-9H3,(H,52,53). The SMILES string of the molecule is CC(C)C1=C2C3CCC4C(C)(CCC5C(C)C(OC(=O)CC(C)(C)C(=O)O)CCC54C)C3CCC2(C(O)CN(CCN(C)C)Cc2ccccc2)CC1=O. The van der Waals surface area contributed by atoms with E-state index in [1.165, 1.54) is 11.1 Å². The van der Waals surface area contributed by atoms with Gasteiger partial charge in [0, 0.05) is 38.0 Å². The van der Waals surface area contributed by atoms with Crippen LogP contribution in [0.1, 0.15) is 118 Å². The van der Waals surface area contributed by atoms with Gasteiger partial charge in [-0.3, -0.25) is 19.3 Å². The molecule has 4 saturated carbocycles. The van der Waals surface area contributed by atoms with Crippen LogP contribution in [0.25, 0.3) is 0 Å². The number of aliphatic hydroxyl groups is 1. The van der Waals surface area contributed by atoms with Gasteiger partial charge in [0.15, 0.2) is 5.78 Å². The van der Waals surface area contributed by atoms with E-state index < -0.39 is 28.9 Å². The third-order valence-corrected chi connectivity index (χ3v) is 15.8. The van der Waals surface area contributed by atoms with Gasteiger partial charge in [0.25, 0.3) is 0 Å². The highest BCUT2D eigenvalue weighted by molar-refractivity contribution is 6.00. The van der Waals surface area contributed by atoms with E-state index in [1.54, 1.807) is 13.8 Å². The minimum absolute atomic E-state index is 0.120. The fraction of sp³-hybridized carbons (Fsp3) is 0.761. The van der Waals surface area contributed by atoms with Gasteiger partial charge < -0.3 is 19.8 Å². The van der Waals surface area contributed by atoms with E-state index in [-0.39, 0.29) is 41.0 Å². The second-order valence-electron chi connectivity index (χ2n) is 20.1. The Hall–Kier alpha value is -2.55. The van der Waals surface area contributed by atoms with Crippen molar-refractivity contribution in [2.45, 2.75) is 131 Å². The zero-order valence-electron chi connectivity index (χ0n) is 34.8. The number of esters is 1. The van der Waals surface area contributed by atoms with Gasteiger partial charge in [-0.2, -0.15) is 0 Å². The number of fused-ring (bicyclic) bond motifs is 7. The minimum atomic E-state index is -1.15. The molecule has 4 fully saturated rings. The van der Waals surface area contributed by atoms with Crippen LogP contribution in [-0.2, 0) is 25.7 Å². The van der Waals surface area contributed by atoms with Crippen LogP contribution >= 0.6 is 0 Å². The van der Waals surface area contributed by atoms with E-state index in [0.29, 0.717) is 36.6 Å². The van der Waals surface area contributed by atoms with Gasteiger partial charge in [-0.15, -0.1) is 0 Å². The zero-order chi connectivity index (χ0) is 39.4. The molecule has 2 N–H and O–H groups in total. The number of aliphatic hydroxyl groups excluding tert-OH is 1. The third-order valence-electron chi connectivity index (χ3n) is 15.8. The van der Waals surface area contributed by atoms with Crippen LogP contribution in [0, 0.1) is 57.2 Å². The van der Waals surface area contributed by atoms with Crippen LogP contribution in [0.15, 0.2) is 41.5 Å². The van der Waals surface area contributed by atoms with Crippen LogP contribution in [0.2, 0.25) is 0 Å². The molecule has 8 heteroatoms. The Kier molecular flexibility index (Phi) is 11.7. The summed E-state index contributed by atoms with van der Waals surface area (Å²) in [7, 11) is 4.19. The number of carboxylic acid groups (broad SMARTS) is 1. The lowest BCUT2D eigenvalue weighted by Crippen LogP contribution is -2.61. The molecular weight excluding hydrogens is 677 g/mol. The Balaban J connectivity index is 1.24. The number of nitrogens with zero attached hydrogens (tertiary/aromatic N) is 2. The normalized spacial score (nSPS) is 35.8. The maximum atomic E-state index is 14.2. The average Bonchev–Trinajstić information content (AvgIpc) is 3.42. The molecule has 0 spiro atoms. The number of hydrogen-bond donors (Lipinski definition) is 2. The summed E-state index contributed by atoms with van der Waals surface area (Å²) in [5.41, 5.74) is 2.20. The molecule has 0 heterocycles. The Labute approximate surface area is 325 Å².